The number of benzene rings is 4. The molecular formula is C37H41FN2O7. The Kier molecular flexibility index (Phi) is 9.90. The highest BCUT2D eigenvalue weighted by Crippen LogP contribution is 2.44. The van der Waals surface area contributed by atoms with E-state index in [4.69, 9.17) is 4.74 Å². The zero-order valence-electron chi connectivity index (χ0n) is 26.0. The van der Waals surface area contributed by atoms with Gasteiger partial charge in [0.1, 0.15) is 42.1 Å². The minimum Gasteiger partial charge on any atom is -0.508 e. The summed E-state index contributed by atoms with van der Waals surface area (Å²) in [6, 6.07) is 28.4. The number of phenolic OH excluding ortho intramolecular Hbond substituents is 1. The minimum absolute atomic E-state index is 0.0418. The van der Waals surface area contributed by atoms with Crippen LogP contribution in [-0.4, -0.2) is 86.3 Å². The molecule has 4 aromatic rings. The molecule has 47 heavy (non-hydrogen) atoms. The highest BCUT2D eigenvalue weighted by molar-refractivity contribution is 5.67. The molecule has 0 aliphatic carbocycles. The van der Waals surface area contributed by atoms with Crippen LogP contribution in [0.25, 0.3) is 11.1 Å². The first-order valence-electron chi connectivity index (χ1n) is 15.9. The normalized spacial score (nSPS) is 27.2. The summed E-state index contributed by atoms with van der Waals surface area (Å²) in [5.74, 6) is -0.218. The van der Waals surface area contributed by atoms with E-state index in [2.05, 4.69) is 9.80 Å². The molecule has 2 aliphatic rings. The maximum absolute atomic E-state index is 13.5. The summed E-state index contributed by atoms with van der Waals surface area (Å²) in [7, 11) is 2.04. The second kappa shape index (κ2) is 14.1. The third-order valence-electron chi connectivity index (χ3n) is 9.53. The Hall–Kier alpha value is -3.87. The number of anilines is 1. The van der Waals surface area contributed by atoms with Gasteiger partial charge in [0.25, 0.3) is 0 Å². The summed E-state index contributed by atoms with van der Waals surface area (Å²) in [5.41, 5.74) is 4.58. The van der Waals surface area contributed by atoms with Crippen molar-refractivity contribution in [3.8, 4) is 16.9 Å². The lowest BCUT2D eigenvalue weighted by Crippen LogP contribution is -2.55. The van der Waals surface area contributed by atoms with Gasteiger partial charge in [-0.15, -0.1) is 0 Å². The van der Waals surface area contributed by atoms with Crippen LogP contribution in [0.3, 0.4) is 0 Å². The average Bonchev–Trinajstić information content (AvgIpc) is 3.42. The molecule has 0 spiro atoms. The van der Waals surface area contributed by atoms with Gasteiger partial charge in [0.2, 0.25) is 0 Å². The molecule has 9 nitrogen and oxygen atoms in total. The number of phenols is 1. The maximum atomic E-state index is 13.5. The molecule has 248 valence electrons. The highest BCUT2D eigenvalue weighted by atomic mass is 19.1. The minimum atomic E-state index is -1.46. The number of hydrogen-bond acceptors (Lipinski definition) is 9. The van der Waals surface area contributed by atoms with Crippen LogP contribution in [0.15, 0.2) is 97.1 Å². The molecule has 6 rings (SSSR count). The van der Waals surface area contributed by atoms with Crippen molar-refractivity contribution >= 4 is 5.69 Å². The van der Waals surface area contributed by atoms with Crippen LogP contribution < -0.4 is 4.90 Å². The third kappa shape index (κ3) is 6.77. The first-order valence-corrected chi connectivity index (χ1v) is 15.9. The predicted molar refractivity (Wildman–Crippen MR) is 175 cm³/mol. The number of aliphatic hydroxyl groups is 5. The maximum Gasteiger partial charge on any atom is 0.123 e. The summed E-state index contributed by atoms with van der Waals surface area (Å²) in [4.78, 5) is 4.47. The zero-order valence-corrected chi connectivity index (χ0v) is 26.0. The first-order chi connectivity index (χ1) is 22.7. The second-order valence-corrected chi connectivity index (χ2v) is 12.5. The fourth-order valence-electron chi connectivity index (χ4n) is 6.89. The van der Waals surface area contributed by atoms with E-state index in [0.717, 1.165) is 22.4 Å². The molecule has 2 heterocycles. The van der Waals surface area contributed by atoms with Gasteiger partial charge < -0.3 is 40.3 Å². The predicted octanol–water partition coefficient (Wildman–Crippen LogP) is 4.05. The quantitative estimate of drug-likeness (QED) is 0.160. The standard InChI is InChI=1S/C37H41FN2O7/c1-39-21-40(27-5-3-2-4-6-27)33(29(39)17-18-30(42)23-11-14-26(38)15-12-23)28-16-13-25(19-31(28)43)22-7-9-24(10-8-22)37-36(46)35(45)34(44)32(20-41)47-37/h2-16,19,29-30,32-37,41-46H,17-18,20-21H2,1H3. The van der Waals surface area contributed by atoms with Crippen LogP contribution in [0.5, 0.6) is 5.75 Å². The van der Waals surface area contributed by atoms with Crippen LogP contribution in [0.4, 0.5) is 10.1 Å². The number of aromatic hydroxyl groups is 1. The molecule has 0 bridgehead atoms. The largest absolute Gasteiger partial charge is 0.508 e. The Bertz CT molecular complexity index is 1620. The van der Waals surface area contributed by atoms with Crippen molar-refractivity contribution in [2.24, 2.45) is 0 Å². The Morgan fingerprint density at radius 1 is 0.851 bits per heavy atom. The zero-order chi connectivity index (χ0) is 33.2. The molecule has 6 N–H and O–H groups in total. The Morgan fingerprint density at radius 3 is 2.19 bits per heavy atom. The van der Waals surface area contributed by atoms with Gasteiger partial charge in [-0.2, -0.15) is 0 Å². The molecule has 10 heteroatoms. The van der Waals surface area contributed by atoms with Gasteiger partial charge in [0, 0.05) is 17.3 Å². The lowest BCUT2D eigenvalue weighted by molar-refractivity contribution is -0.231. The van der Waals surface area contributed by atoms with Crippen molar-refractivity contribution in [1.29, 1.82) is 0 Å². The third-order valence-corrected chi connectivity index (χ3v) is 9.53. The van der Waals surface area contributed by atoms with Gasteiger partial charge >= 0.3 is 0 Å². The summed E-state index contributed by atoms with van der Waals surface area (Å²) < 4.78 is 19.1. The molecule has 8 atom stereocenters. The van der Waals surface area contributed by atoms with Crippen LogP contribution in [-0.2, 0) is 4.74 Å². The van der Waals surface area contributed by atoms with E-state index in [-0.39, 0.29) is 23.7 Å². The van der Waals surface area contributed by atoms with Crippen molar-refractivity contribution in [1.82, 2.24) is 4.90 Å². The van der Waals surface area contributed by atoms with Crippen LogP contribution in [0.1, 0.15) is 47.8 Å². The fourth-order valence-corrected chi connectivity index (χ4v) is 6.89. The van der Waals surface area contributed by atoms with E-state index < -0.39 is 43.2 Å². The number of aliphatic hydroxyl groups excluding tert-OH is 5. The van der Waals surface area contributed by atoms with Gasteiger partial charge in [-0.25, -0.2) is 4.39 Å². The van der Waals surface area contributed by atoms with E-state index in [0.29, 0.717) is 30.6 Å². The molecule has 2 fully saturated rings. The van der Waals surface area contributed by atoms with E-state index in [1.165, 1.54) is 12.1 Å². The summed E-state index contributed by atoms with van der Waals surface area (Å²) in [6.07, 6.45) is -5.86. The lowest BCUT2D eigenvalue weighted by atomic mass is 9.89. The SMILES string of the molecule is CN1CN(c2ccccc2)C(c2ccc(-c3ccc(C4OC(CO)C(O)C(O)C4O)cc3)cc2O)C1CCC(O)c1ccc(F)cc1. The average molecular weight is 645 g/mol. The van der Waals surface area contributed by atoms with E-state index >= 15 is 0 Å². The van der Waals surface area contributed by atoms with E-state index in [1.807, 2.05) is 61.6 Å². The van der Waals surface area contributed by atoms with Gasteiger partial charge in [0.15, 0.2) is 0 Å². The second-order valence-electron chi connectivity index (χ2n) is 12.5. The molecule has 8 unspecified atom stereocenters. The molecule has 0 saturated carbocycles. The van der Waals surface area contributed by atoms with Crippen molar-refractivity contribution in [2.45, 2.75) is 61.5 Å². The van der Waals surface area contributed by atoms with Gasteiger partial charge in [-0.3, -0.25) is 4.90 Å². The highest BCUT2D eigenvalue weighted by Gasteiger charge is 2.44. The number of likely N-dealkylation sites (N-methyl/N-ethyl adjacent to an activating group) is 1. The topological polar surface area (TPSA) is 137 Å². The summed E-state index contributed by atoms with van der Waals surface area (Å²) in [6.45, 7) is 0.117. The summed E-state index contributed by atoms with van der Waals surface area (Å²) >= 11 is 0. The van der Waals surface area contributed by atoms with Crippen LogP contribution >= 0.6 is 0 Å². The van der Waals surface area contributed by atoms with Crippen molar-refractivity contribution in [2.75, 3.05) is 25.2 Å². The number of para-hydroxylation sites is 1. The molecule has 0 aromatic heterocycles. The smallest absolute Gasteiger partial charge is 0.123 e. The first kappa shape index (κ1) is 33.0. The van der Waals surface area contributed by atoms with E-state index in [1.54, 1.807) is 30.3 Å². The Morgan fingerprint density at radius 2 is 1.53 bits per heavy atom. The molecule has 2 aliphatic heterocycles. The molecule has 4 aromatic carbocycles. The number of halogens is 1. The van der Waals surface area contributed by atoms with E-state index in [9.17, 15) is 35.0 Å². The van der Waals surface area contributed by atoms with Crippen molar-refractivity contribution in [3.05, 3.63) is 120 Å². The van der Waals surface area contributed by atoms with Gasteiger partial charge in [-0.1, -0.05) is 66.7 Å². The number of rotatable bonds is 9. The monoisotopic (exact) mass is 644 g/mol. The van der Waals surface area contributed by atoms with Gasteiger partial charge in [-0.05, 0) is 72.5 Å². The van der Waals surface area contributed by atoms with Crippen LogP contribution in [0.2, 0.25) is 0 Å². The number of nitrogens with zero attached hydrogens (tertiary/aromatic N) is 2. The number of hydrogen-bond donors (Lipinski definition) is 6. The van der Waals surface area contributed by atoms with Gasteiger partial charge in [0.05, 0.1) is 25.4 Å². The molecule has 0 radical (unpaired) electrons. The Labute approximate surface area is 273 Å². The Balaban J connectivity index is 1.25. The molecular weight excluding hydrogens is 603 g/mol. The lowest BCUT2D eigenvalue weighted by Gasteiger charge is -2.40. The molecule has 0 amide bonds. The van der Waals surface area contributed by atoms with Crippen molar-refractivity contribution in [3.63, 3.8) is 0 Å². The number of ether oxygens (including phenoxy) is 1. The van der Waals surface area contributed by atoms with Crippen LogP contribution in [0, 0.1) is 5.82 Å². The molecule has 2 saturated heterocycles. The fraction of sp³-hybridized carbons (Fsp3) is 0.351. The van der Waals surface area contributed by atoms with Crippen molar-refractivity contribution < 1.29 is 39.8 Å². The summed E-state index contributed by atoms with van der Waals surface area (Å²) in [5, 5.41) is 62.8.